The van der Waals surface area contributed by atoms with Gasteiger partial charge in [-0.3, -0.25) is 9.59 Å². The van der Waals surface area contributed by atoms with Crippen LogP contribution in [0.3, 0.4) is 0 Å². The van der Waals surface area contributed by atoms with Crippen LogP contribution in [0.15, 0.2) is 18.2 Å². The topological polar surface area (TPSA) is 204 Å². The second-order valence-corrected chi connectivity index (χ2v) is 14.1. The van der Waals surface area contributed by atoms with Gasteiger partial charge in [-0.2, -0.15) is 4.89 Å². The molecule has 0 bridgehead atoms. The lowest BCUT2D eigenvalue weighted by Gasteiger charge is -2.41. The number of hydrogen-bond donors (Lipinski definition) is 4. The first-order valence-electron chi connectivity index (χ1n) is 17.4. The summed E-state index contributed by atoms with van der Waals surface area (Å²) in [5.41, 5.74) is 9.28. The third-order valence-corrected chi connectivity index (χ3v) is 9.24. The Morgan fingerprint density at radius 1 is 0.980 bits per heavy atom. The number of benzene rings is 2. The number of aliphatic hydroxyl groups is 2. The van der Waals surface area contributed by atoms with Gasteiger partial charge in [-0.05, 0) is 54.9 Å². The molecule has 2 aromatic carbocycles. The molecule has 51 heavy (non-hydrogen) atoms. The summed E-state index contributed by atoms with van der Waals surface area (Å²) < 4.78 is 41.3. The monoisotopic (exact) mass is 717 g/mol. The predicted molar refractivity (Wildman–Crippen MR) is 177 cm³/mol. The maximum absolute atomic E-state index is 11.8. The fraction of sp³-hybridized carbons (Fsp3) is 0.611. The van der Waals surface area contributed by atoms with Crippen LogP contribution < -0.4 is 29.6 Å². The number of ether oxygens (including phenoxy) is 7. The van der Waals surface area contributed by atoms with Crippen molar-refractivity contribution in [3.05, 3.63) is 40.5 Å². The summed E-state index contributed by atoms with van der Waals surface area (Å²) in [6.07, 6.45) is -6.07. The maximum Gasteiger partial charge on any atom is 0.317 e. The quantitative estimate of drug-likeness (QED) is 0.0905. The summed E-state index contributed by atoms with van der Waals surface area (Å²) >= 11 is 0. The zero-order chi connectivity index (χ0) is 36.4. The fourth-order valence-electron chi connectivity index (χ4n) is 6.80. The fourth-order valence-corrected chi connectivity index (χ4v) is 6.80. The molecule has 1 saturated heterocycles. The van der Waals surface area contributed by atoms with E-state index in [0.717, 1.165) is 46.6 Å². The molecule has 7 atom stereocenters. The highest BCUT2D eigenvalue weighted by Crippen LogP contribution is 2.57. The van der Waals surface area contributed by atoms with Crippen LogP contribution in [-0.2, 0) is 41.5 Å². The van der Waals surface area contributed by atoms with Crippen molar-refractivity contribution in [2.75, 3.05) is 33.2 Å². The largest absolute Gasteiger partial charge is 0.492 e. The minimum absolute atomic E-state index is 0.00761. The van der Waals surface area contributed by atoms with Crippen molar-refractivity contribution in [1.29, 1.82) is 0 Å². The molecule has 15 heteroatoms. The zero-order valence-electron chi connectivity index (χ0n) is 29.2. The van der Waals surface area contributed by atoms with Crippen LogP contribution in [0, 0.1) is 11.8 Å². The Balaban J connectivity index is 1.25. The Morgan fingerprint density at radius 3 is 2.51 bits per heavy atom. The van der Waals surface area contributed by atoms with Gasteiger partial charge in [0.05, 0.1) is 19.1 Å². The van der Waals surface area contributed by atoms with Crippen LogP contribution >= 0.6 is 0 Å². The average Bonchev–Trinajstić information content (AvgIpc) is 3.71. The molecule has 0 amide bonds. The first-order chi connectivity index (χ1) is 24.4. The van der Waals surface area contributed by atoms with E-state index < -0.39 is 61.8 Å². The van der Waals surface area contributed by atoms with Gasteiger partial charge in [-0.15, -0.1) is 0 Å². The van der Waals surface area contributed by atoms with Gasteiger partial charge in [0.1, 0.15) is 48.9 Å². The predicted octanol–water partition coefficient (Wildman–Crippen LogP) is 2.93. The summed E-state index contributed by atoms with van der Waals surface area (Å²) in [6.45, 7) is 8.72. The highest BCUT2D eigenvalue weighted by molar-refractivity contribution is 5.90. The van der Waals surface area contributed by atoms with E-state index in [1.54, 1.807) is 6.07 Å². The van der Waals surface area contributed by atoms with Crippen LogP contribution in [0.5, 0.6) is 28.7 Å². The first-order valence-corrected chi connectivity index (χ1v) is 17.4. The van der Waals surface area contributed by atoms with Crippen molar-refractivity contribution >= 4 is 11.9 Å². The molecule has 0 spiro atoms. The van der Waals surface area contributed by atoms with Crippen LogP contribution in [-0.4, -0.2) is 91.1 Å². The molecule has 280 valence electrons. The minimum Gasteiger partial charge on any atom is -0.492 e. The summed E-state index contributed by atoms with van der Waals surface area (Å²) in [4.78, 5) is 34.2. The summed E-state index contributed by atoms with van der Waals surface area (Å²) in [7, 11) is 0. The van der Waals surface area contributed by atoms with Crippen LogP contribution in [0.25, 0.3) is 0 Å². The zero-order valence-corrected chi connectivity index (χ0v) is 29.2. The lowest BCUT2D eigenvalue weighted by atomic mass is 9.86. The molecular formula is C36H47NO14. The summed E-state index contributed by atoms with van der Waals surface area (Å²) in [5.74, 6) is 1.46. The van der Waals surface area contributed by atoms with Crippen LogP contribution in [0.1, 0.15) is 74.8 Å². The van der Waals surface area contributed by atoms with E-state index >= 15 is 0 Å². The van der Waals surface area contributed by atoms with Crippen molar-refractivity contribution in [3.8, 4) is 28.7 Å². The van der Waals surface area contributed by atoms with E-state index in [4.69, 9.17) is 53.8 Å². The number of hydrogen-bond acceptors (Lipinski definition) is 14. The number of esters is 1. The van der Waals surface area contributed by atoms with Crippen molar-refractivity contribution in [2.45, 2.75) is 96.1 Å². The van der Waals surface area contributed by atoms with Gasteiger partial charge in [0.25, 0.3) is 0 Å². The van der Waals surface area contributed by atoms with Crippen LogP contribution in [0.4, 0.5) is 0 Å². The van der Waals surface area contributed by atoms with Crippen molar-refractivity contribution in [2.24, 2.45) is 17.6 Å². The molecule has 0 radical (unpaired) electrons. The Kier molecular flexibility index (Phi) is 11.4. The van der Waals surface area contributed by atoms with Crippen molar-refractivity contribution < 1.29 is 67.8 Å². The minimum atomic E-state index is -1.62. The molecule has 0 aromatic heterocycles. The van der Waals surface area contributed by atoms with E-state index in [1.165, 1.54) is 0 Å². The maximum atomic E-state index is 11.8. The van der Waals surface area contributed by atoms with Gasteiger partial charge in [0, 0.05) is 23.2 Å². The van der Waals surface area contributed by atoms with E-state index in [2.05, 4.69) is 27.7 Å². The number of aliphatic carboxylic acids is 1. The van der Waals surface area contributed by atoms with Crippen molar-refractivity contribution in [3.63, 3.8) is 0 Å². The molecule has 5 N–H and O–H groups in total. The normalized spacial score (nSPS) is 25.9. The Labute approximate surface area is 295 Å². The number of aryl methyl sites for hydroxylation is 1. The molecule has 7 unspecified atom stereocenters. The molecular weight excluding hydrogens is 670 g/mol. The van der Waals surface area contributed by atoms with Gasteiger partial charge in [-0.25, -0.2) is 0 Å². The van der Waals surface area contributed by atoms with E-state index in [-0.39, 0.29) is 25.9 Å². The Bertz CT molecular complexity index is 1580. The molecule has 4 aliphatic heterocycles. The molecule has 0 saturated carbocycles. The van der Waals surface area contributed by atoms with Gasteiger partial charge in [-0.1, -0.05) is 27.7 Å². The number of nitrogens with two attached hydrogens (primary N) is 1. The molecule has 4 aliphatic rings. The molecule has 0 aliphatic carbocycles. The van der Waals surface area contributed by atoms with Crippen molar-refractivity contribution in [1.82, 2.24) is 0 Å². The summed E-state index contributed by atoms with van der Waals surface area (Å²) in [5, 5.41) is 30.8. The number of carbonyl (C=O) groups excluding carboxylic acids is 1. The SMILES string of the molecule is CC(C)CCc1cc(OOC2C(OCCN)OC(COC(=O)CC(=O)O)C(O)C2O)cc2c1OCC1c3cc4c(c(CC(C)C)c3OC21)OCO4. The van der Waals surface area contributed by atoms with Gasteiger partial charge < -0.3 is 59.1 Å². The second kappa shape index (κ2) is 15.8. The van der Waals surface area contributed by atoms with Crippen LogP contribution in [0.2, 0.25) is 0 Å². The third kappa shape index (κ3) is 7.98. The molecule has 4 heterocycles. The standard InChI is InChI=1S/C36H47NO14/c1-17(2)5-6-19-10-20(50-51-35-30(42)29(41)26(48-36(35)43-8-7-37)15-44-28(40)13-27(38)39)11-23-31(19)45-14-24-21-12-25-34(47-16-46-25)22(9-18(3)4)32(21)49-33(23)24/h10-12,17-18,24,26,29-30,33,35-36,41-42H,5-9,13-16,37H2,1-4H3,(H,38,39). The van der Waals surface area contributed by atoms with E-state index in [1.807, 2.05) is 12.1 Å². The Morgan fingerprint density at radius 2 is 1.78 bits per heavy atom. The number of carbonyl (C=O) groups is 2. The van der Waals surface area contributed by atoms with Gasteiger partial charge >= 0.3 is 11.9 Å². The molecule has 15 nitrogen and oxygen atoms in total. The number of carboxylic acids is 1. The highest BCUT2D eigenvalue weighted by Gasteiger charge is 2.48. The molecule has 2 aromatic rings. The van der Waals surface area contributed by atoms with E-state index in [0.29, 0.717) is 42.1 Å². The van der Waals surface area contributed by atoms with E-state index in [9.17, 15) is 19.8 Å². The average molecular weight is 718 g/mol. The van der Waals surface area contributed by atoms with Gasteiger partial charge in [0.15, 0.2) is 29.6 Å². The third-order valence-electron chi connectivity index (χ3n) is 9.24. The first kappa shape index (κ1) is 36.9. The number of aliphatic hydroxyl groups excluding tert-OH is 2. The lowest BCUT2D eigenvalue weighted by molar-refractivity contribution is -0.372. The highest BCUT2D eigenvalue weighted by atomic mass is 17.2. The number of fused-ring (bicyclic) bond motifs is 6. The van der Waals surface area contributed by atoms with Gasteiger partial charge in [0.2, 0.25) is 6.79 Å². The second-order valence-electron chi connectivity index (χ2n) is 14.1. The Hall–Kier alpha value is -3.86. The number of rotatable bonds is 15. The lowest BCUT2D eigenvalue weighted by Crippen LogP contribution is -2.60. The number of carboxylic acid groups (broad SMARTS) is 1. The summed E-state index contributed by atoms with van der Waals surface area (Å²) in [6, 6.07) is 5.59. The molecule has 6 rings (SSSR count). The molecule has 1 fully saturated rings. The smallest absolute Gasteiger partial charge is 0.317 e.